The van der Waals surface area contributed by atoms with E-state index < -0.39 is 8.32 Å². The normalized spacial score (nSPS) is 12.2. The number of hydrogen-bond acceptors (Lipinski definition) is 1. The summed E-state index contributed by atoms with van der Waals surface area (Å²) < 4.78 is 6.91. The van der Waals surface area contributed by atoms with E-state index in [1.54, 1.807) is 0 Å². The van der Waals surface area contributed by atoms with Crippen molar-refractivity contribution in [3.8, 4) is 0 Å². The third-order valence-corrected chi connectivity index (χ3v) is 9.88. The van der Waals surface area contributed by atoms with E-state index in [0.29, 0.717) is 6.61 Å². The van der Waals surface area contributed by atoms with Crippen LogP contribution in [0.3, 0.4) is 0 Å². The Morgan fingerprint density at radius 1 is 0.731 bits per heavy atom. The summed E-state index contributed by atoms with van der Waals surface area (Å²) in [6.07, 6.45) is 0. The number of quaternary nitrogens is 1. The van der Waals surface area contributed by atoms with Gasteiger partial charge in [-0.15, -0.1) is 0 Å². The molecule has 0 radical (unpaired) electrons. The third kappa shape index (κ3) is 3.65. The van der Waals surface area contributed by atoms with E-state index in [4.69, 9.17) is 4.43 Å². The predicted octanol–water partition coefficient (Wildman–Crippen LogP) is 3.64. The summed E-state index contributed by atoms with van der Waals surface area (Å²) >= 11 is 0. The van der Waals surface area contributed by atoms with Crippen LogP contribution in [0.5, 0.6) is 0 Å². The van der Waals surface area contributed by atoms with Gasteiger partial charge in [0.15, 0.2) is 0 Å². The Morgan fingerprint density at radius 3 is 1.62 bits per heavy atom. The van der Waals surface area contributed by atoms with Gasteiger partial charge in [0.1, 0.15) is 5.69 Å². The number of hydrogen-bond donors (Lipinski definition) is 1. The van der Waals surface area contributed by atoms with E-state index in [2.05, 4.69) is 99.3 Å². The van der Waals surface area contributed by atoms with Crippen molar-refractivity contribution in [1.29, 1.82) is 0 Å². The SMILES string of the molecule is CC(C)(C)[Si](OCc1ccc([NH3+])cc1)(c1ccccc1)c1ccccc1. The van der Waals surface area contributed by atoms with E-state index in [0.717, 1.165) is 5.69 Å². The molecule has 0 bridgehead atoms. The van der Waals surface area contributed by atoms with Crippen LogP contribution in [0.2, 0.25) is 5.04 Å². The first-order valence-electron chi connectivity index (χ1n) is 9.09. The summed E-state index contributed by atoms with van der Waals surface area (Å²) in [5.74, 6) is 0. The Morgan fingerprint density at radius 2 is 1.19 bits per heavy atom. The van der Waals surface area contributed by atoms with Crippen molar-refractivity contribution >= 4 is 24.4 Å². The van der Waals surface area contributed by atoms with Gasteiger partial charge < -0.3 is 10.2 Å². The first-order chi connectivity index (χ1) is 12.4. The van der Waals surface area contributed by atoms with Crippen molar-refractivity contribution in [3.63, 3.8) is 0 Å². The zero-order chi connectivity index (χ0) is 18.6. The second-order valence-corrected chi connectivity index (χ2v) is 12.1. The second-order valence-electron chi connectivity index (χ2n) is 7.77. The molecular formula is C23H28NOSi+. The smallest absolute Gasteiger partial charge is 0.261 e. The molecule has 134 valence electrons. The van der Waals surface area contributed by atoms with E-state index in [1.807, 2.05) is 12.1 Å². The fourth-order valence-corrected chi connectivity index (χ4v) is 8.13. The molecule has 3 aromatic rings. The van der Waals surface area contributed by atoms with Gasteiger partial charge in [-0.2, -0.15) is 0 Å². The van der Waals surface area contributed by atoms with Crippen LogP contribution in [-0.2, 0) is 11.0 Å². The van der Waals surface area contributed by atoms with E-state index in [-0.39, 0.29) is 5.04 Å². The van der Waals surface area contributed by atoms with Crippen molar-refractivity contribution in [3.05, 3.63) is 90.5 Å². The van der Waals surface area contributed by atoms with Gasteiger partial charge >= 0.3 is 0 Å². The fraction of sp³-hybridized carbons (Fsp3) is 0.217. The molecular weight excluding hydrogens is 334 g/mol. The Balaban J connectivity index is 2.09. The highest BCUT2D eigenvalue weighted by Gasteiger charge is 2.50. The lowest BCUT2D eigenvalue weighted by atomic mass is 10.2. The molecule has 0 aliphatic rings. The summed E-state index contributed by atoms with van der Waals surface area (Å²) in [7, 11) is -2.46. The molecule has 0 atom stereocenters. The Hall–Kier alpha value is -2.20. The molecule has 0 saturated carbocycles. The summed E-state index contributed by atoms with van der Waals surface area (Å²) in [6.45, 7) is 7.52. The van der Waals surface area contributed by atoms with E-state index in [9.17, 15) is 0 Å². The molecule has 0 amide bonds. The molecule has 26 heavy (non-hydrogen) atoms. The van der Waals surface area contributed by atoms with Gasteiger partial charge in [-0.1, -0.05) is 93.6 Å². The van der Waals surface area contributed by atoms with E-state index >= 15 is 0 Å². The largest absolute Gasteiger partial charge is 0.403 e. The molecule has 3 N–H and O–H groups in total. The third-order valence-electron chi connectivity index (χ3n) is 4.90. The Bertz CT molecular complexity index is 784. The highest BCUT2D eigenvalue weighted by Crippen LogP contribution is 2.37. The topological polar surface area (TPSA) is 36.9 Å². The van der Waals surface area contributed by atoms with Crippen LogP contribution >= 0.6 is 0 Å². The highest BCUT2D eigenvalue weighted by atomic mass is 28.4. The van der Waals surface area contributed by atoms with Crippen LogP contribution in [0.15, 0.2) is 84.9 Å². The summed E-state index contributed by atoms with van der Waals surface area (Å²) in [6, 6.07) is 29.8. The first kappa shape index (κ1) is 18.6. The van der Waals surface area contributed by atoms with Crippen LogP contribution < -0.4 is 16.1 Å². The summed E-state index contributed by atoms with van der Waals surface area (Å²) in [5, 5.41) is 2.63. The quantitative estimate of drug-likeness (QED) is 0.691. The molecule has 0 aliphatic heterocycles. The van der Waals surface area contributed by atoms with Crippen LogP contribution in [-0.4, -0.2) is 8.32 Å². The molecule has 3 rings (SSSR count). The van der Waals surface area contributed by atoms with Crippen LogP contribution in [0.4, 0.5) is 5.69 Å². The molecule has 0 unspecified atom stereocenters. The van der Waals surface area contributed by atoms with Crippen molar-refractivity contribution in [2.75, 3.05) is 0 Å². The molecule has 0 aliphatic carbocycles. The minimum Gasteiger partial charge on any atom is -0.403 e. The second kappa shape index (κ2) is 7.58. The monoisotopic (exact) mass is 362 g/mol. The van der Waals surface area contributed by atoms with Gasteiger partial charge in [-0.25, -0.2) is 0 Å². The van der Waals surface area contributed by atoms with Gasteiger partial charge in [-0.3, -0.25) is 0 Å². The lowest BCUT2D eigenvalue weighted by molar-refractivity contribution is -0.254. The van der Waals surface area contributed by atoms with Crippen molar-refractivity contribution in [2.24, 2.45) is 0 Å². The zero-order valence-corrected chi connectivity index (χ0v) is 16.9. The van der Waals surface area contributed by atoms with Crippen molar-refractivity contribution in [2.45, 2.75) is 32.4 Å². The van der Waals surface area contributed by atoms with Crippen LogP contribution in [0, 0.1) is 0 Å². The van der Waals surface area contributed by atoms with Gasteiger partial charge in [0.25, 0.3) is 8.32 Å². The zero-order valence-electron chi connectivity index (χ0n) is 15.9. The molecule has 2 nitrogen and oxygen atoms in total. The lowest BCUT2D eigenvalue weighted by Gasteiger charge is -2.43. The van der Waals surface area contributed by atoms with E-state index in [1.165, 1.54) is 15.9 Å². The standard InChI is InChI=1S/C23H27NOSi/c1-23(2,3)26(21-10-6-4-7-11-21,22-12-8-5-9-13-22)25-18-19-14-16-20(24)17-15-19/h4-17H,18,24H2,1-3H3/p+1. The number of benzene rings is 3. The maximum atomic E-state index is 6.91. The van der Waals surface area contributed by atoms with Crippen molar-refractivity contribution in [1.82, 2.24) is 0 Å². The molecule has 0 aromatic heterocycles. The average Bonchev–Trinajstić information content (AvgIpc) is 2.64. The molecule has 0 saturated heterocycles. The fourth-order valence-electron chi connectivity index (χ4n) is 3.59. The Kier molecular flexibility index (Phi) is 5.42. The summed E-state index contributed by atoms with van der Waals surface area (Å²) in [4.78, 5) is 0. The Labute approximate surface area is 157 Å². The van der Waals surface area contributed by atoms with Crippen molar-refractivity contribution < 1.29 is 10.2 Å². The van der Waals surface area contributed by atoms with Gasteiger partial charge in [0, 0.05) is 0 Å². The maximum absolute atomic E-state index is 6.91. The first-order valence-corrected chi connectivity index (χ1v) is 11.0. The predicted molar refractivity (Wildman–Crippen MR) is 111 cm³/mol. The van der Waals surface area contributed by atoms with Gasteiger partial charge in [-0.05, 0) is 33.1 Å². The molecule has 0 heterocycles. The molecule has 0 fully saturated rings. The molecule has 3 heteroatoms. The van der Waals surface area contributed by atoms with Crippen LogP contribution in [0.25, 0.3) is 0 Å². The van der Waals surface area contributed by atoms with Gasteiger partial charge in [0.2, 0.25) is 0 Å². The summed E-state index contributed by atoms with van der Waals surface area (Å²) in [5.41, 5.74) is 6.19. The highest BCUT2D eigenvalue weighted by molar-refractivity contribution is 6.99. The maximum Gasteiger partial charge on any atom is 0.261 e. The average molecular weight is 363 g/mol. The number of rotatable bonds is 5. The van der Waals surface area contributed by atoms with Gasteiger partial charge in [0.05, 0.1) is 6.61 Å². The minimum absolute atomic E-state index is 0.00194. The lowest BCUT2D eigenvalue weighted by Crippen LogP contribution is -2.66. The minimum atomic E-state index is -2.46. The van der Waals surface area contributed by atoms with Crippen LogP contribution in [0.1, 0.15) is 26.3 Å². The molecule has 0 spiro atoms. The molecule has 3 aromatic carbocycles.